The molecular formula is C8H7ClO3S. The Morgan fingerprint density at radius 1 is 1.38 bits per heavy atom. The summed E-state index contributed by atoms with van der Waals surface area (Å²) in [5.41, 5.74) is 0.129. The molecule has 1 unspecified atom stereocenters. The van der Waals surface area contributed by atoms with Gasteiger partial charge in [0.2, 0.25) is 0 Å². The maximum absolute atomic E-state index is 11.2. The predicted octanol–water partition coefficient (Wildman–Crippen LogP) is 1.61. The molecule has 0 aliphatic carbocycles. The quantitative estimate of drug-likeness (QED) is 0.606. The molecule has 70 valence electrons. The normalized spacial score (nSPS) is 14.8. The molecule has 0 bridgehead atoms. The van der Waals surface area contributed by atoms with Crippen molar-refractivity contribution in [3.05, 3.63) is 29.8 Å². The van der Waals surface area contributed by atoms with Crippen LogP contribution in [0.2, 0.25) is 0 Å². The van der Waals surface area contributed by atoms with Crippen LogP contribution in [-0.4, -0.2) is 21.2 Å². The first-order valence-corrected chi connectivity index (χ1v) is 5.87. The summed E-state index contributed by atoms with van der Waals surface area (Å²) in [6, 6.07) is 5.47. The summed E-state index contributed by atoms with van der Waals surface area (Å²) >= 11 is 0. The van der Waals surface area contributed by atoms with Crippen molar-refractivity contribution in [1.29, 1.82) is 0 Å². The maximum atomic E-state index is 11.2. The summed E-state index contributed by atoms with van der Waals surface area (Å²) in [5.74, 6) is 2.23. The number of carbonyl (C=O) groups is 1. The molecule has 1 N–H and O–H groups in total. The Labute approximate surface area is 80.5 Å². The molecule has 0 heterocycles. The van der Waals surface area contributed by atoms with Crippen LogP contribution in [0.3, 0.4) is 0 Å². The molecule has 0 spiro atoms. The summed E-state index contributed by atoms with van der Waals surface area (Å²) in [7, 11) is 2.69. The highest BCUT2D eigenvalue weighted by Gasteiger charge is 2.05. The van der Waals surface area contributed by atoms with Gasteiger partial charge in [0.25, 0.3) is 0 Å². The smallest absolute Gasteiger partial charge is 0.335 e. The zero-order chi connectivity index (χ0) is 10.1. The standard InChI is InChI=1S/C8H7ClO3S/c1-13(9,12)7-4-2-6(3-5-7)8(10)11/h2-5H,1H2,(H,10,11). The van der Waals surface area contributed by atoms with Gasteiger partial charge in [-0.2, -0.15) is 0 Å². The molecule has 3 nitrogen and oxygen atoms in total. The van der Waals surface area contributed by atoms with Gasteiger partial charge in [-0.15, -0.1) is 0 Å². The second kappa shape index (κ2) is 3.40. The lowest BCUT2D eigenvalue weighted by Gasteiger charge is -1.99. The van der Waals surface area contributed by atoms with E-state index >= 15 is 0 Å². The van der Waals surface area contributed by atoms with Crippen molar-refractivity contribution in [2.75, 3.05) is 0 Å². The summed E-state index contributed by atoms with van der Waals surface area (Å²) in [6.45, 7) is 0. The second-order valence-electron chi connectivity index (χ2n) is 2.42. The Morgan fingerprint density at radius 3 is 2.15 bits per heavy atom. The molecule has 1 aromatic carbocycles. The third-order valence-corrected chi connectivity index (χ3v) is 2.96. The molecule has 0 fully saturated rings. The van der Waals surface area contributed by atoms with Gasteiger partial charge in [0.15, 0.2) is 0 Å². The fourth-order valence-electron chi connectivity index (χ4n) is 0.801. The van der Waals surface area contributed by atoms with Crippen LogP contribution in [0.4, 0.5) is 0 Å². The van der Waals surface area contributed by atoms with Gasteiger partial charge in [0, 0.05) is 4.90 Å². The molecule has 5 heteroatoms. The first kappa shape index (κ1) is 10.1. The lowest BCUT2D eigenvalue weighted by molar-refractivity contribution is 0.0697. The number of hydrogen-bond donors (Lipinski definition) is 1. The van der Waals surface area contributed by atoms with E-state index in [1.165, 1.54) is 24.3 Å². The molecule has 0 radical (unpaired) electrons. The topological polar surface area (TPSA) is 54.4 Å². The van der Waals surface area contributed by atoms with Gasteiger partial charge in [-0.25, -0.2) is 9.00 Å². The molecule has 0 aliphatic heterocycles. The van der Waals surface area contributed by atoms with Gasteiger partial charge in [0.1, 0.15) is 0 Å². The Hall–Kier alpha value is -1.00. The van der Waals surface area contributed by atoms with E-state index in [1.54, 1.807) is 0 Å². The third kappa shape index (κ3) is 2.47. The van der Waals surface area contributed by atoms with E-state index in [-0.39, 0.29) is 5.56 Å². The van der Waals surface area contributed by atoms with Crippen molar-refractivity contribution >= 4 is 31.3 Å². The fourth-order valence-corrected chi connectivity index (χ4v) is 1.65. The number of carboxylic acids is 1. The molecule has 0 aliphatic rings. The van der Waals surface area contributed by atoms with E-state index in [4.69, 9.17) is 15.8 Å². The zero-order valence-electron chi connectivity index (χ0n) is 6.57. The van der Waals surface area contributed by atoms with E-state index < -0.39 is 14.7 Å². The minimum absolute atomic E-state index is 0.129. The van der Waals surface area contributed by atoms with Crippen molar-refractivity contribution in [3.8, 4) is 0 Å². The van der Waals surface area contributed by atoms with Crippen LogP contribution in [0.15, 0.2) is 29.2 Å². The number of carboxylic acid groups (broad SMARTS) is 1. The summed E-state index contributed by atoms with van der Waals surface area (Å²) < 4.78 is 11.2. The minimum atomic E-state index is -2.77. The van der Waals surface area contributed by atoms with Crippen molar-refractivity contribution in [2.24, 2.45) is 0 Å². The summed E-state index contributed by atoms with van der Waals surface area (Å²) in [4.78, 5) is 10.8. The highest BCUT2D eigenvalue weighted by Crippen LogP contribution is 2.15. The van der Waals surface area contributed by atoms with Crippen molar-refractivity contribution in [3.63, 3.8) is 0 Å². The van der Waals surface area contributed by atoms with Crippen LogP contribution >= 0.6 is 10.7 Å². The van der Waals surface area contributed by atoms with E-state index in [1.807, 2.05) is 0 Å². The highest BCUT2D eigenvalue weighted by molar-refractivity contribution is 8.21. The Kier molecular flexibility index (Phi) is 2.63. The van der Waals surface area contributed by atoms with E-state index in [9.17, 15) is 9.00 Å². The molecular weight excluding hydrogens is 212 g/mol. The van der Waals surface area contributed by atoms with E-state index in [0.29, 0.717) is 4.90 Å². The zero-order valence-corrected chi connectivity index (χ0v) is 8.14. The number of benzene rings is 1. The summed E-state index contributed by atoms with van der Waals surface area (Å²) in [6.07, 6.45) is 0. The maximum Gasteiger partial charge on any atom is 0.335 e. The van der Waals surface area contributed by atoms with Gasteiger partial charge in [0.05, 0.1) is 14.3 Å². The van der Waals surface area contributed by atoms with Crippen molar-refractivity contribution in [1.82, 2.24) is 0 Å². The Balaban J connectivity index is 3.16. The van der Waals surface area contributed by atoms with Crippen LogP contribution < -0.4 is 0 Å². The van der Waals surface area contributed by atoms with Gasteiger partial charge < -0.3 is 5.11 Å². The average Bonchev–Trinajstić information content (AvgIpc) is 2.03. The highest BCUT2D eigenvalue weighted by atomic mass is 35.7. The summed E-state index contributed by atoms with van der Waals surface area (Å²) in [5, 5.41) is 8.56. The van der Waals surface area contributed by atoms with E-state index in [0.717, 1.165) is 0 Å². The molecule has 0 saturated heterocycles. The number of halogens is 1. The van der Waals surface area contributed by atoms with Crippen LogP contribution in [-0.2, 0) is 8.74 Å². The average molecular weight is 219 g/mol. The van der Waals surface area contributed by atoms with Crippen LogP contribution in [0.25, 0.3) is 0 Å². The van der Waals surface area contributed by atoms with Gasteiger partial charge in [-0.3, -0.25) is 0 Å². The van der Waals surface area contributed by atoms with Gasteiger partial charge in [-0.05, 0) is 40.8 Å². The lowest BCUT2D eigenvalue weighted by atomic mass is 10.2. The first-order valence-electron chi connectivity index (χ1n) is 3.31. The van der Waals surface area contributed by atoms with Crippen molar-refractivity contribution in [2.45, 2.75) is 4.90 Å². The Morgan fingerprint density at radius 2 is 1.85 bits per heavy atom. The monoisotopic (exact) mass is 218 g/mol. The van der Waals surface area contributed by atoms with Crippen LogP contribution in [0.1, 0.15) is 10.4 Å². The molecule has 0 aromatic heterocycles. The molecule has 0 saturated carbocycles. The molecule has 0 amide bonds. The largest absolute Gasteiger partial charge is 0.478 e. The van der Waals surface area contributed by atoms with Crippen LogP contribution in [0.5, 0.6) is 0 Å². The fraction of sp³-hybridized carbons (Fsp3) is 0. The van der Waals surface area contributed by atoms with Gasteiger partial charge in [-0.1, -0.05) is 0 Å². The van der Waals surface area contributed by atoms with Crippen LogP contribution in [0, 0.1) is 0 Å². The minimum Gasteiger partial charge on any atom is -0.478 e. The predicted molar refractivity (Wildman–Crippen MR) is 52.8 cm³/mol. The lowest BCUT2D eigenvalue weighted by Crippen LogP contribution is -1.97. The van der Waals surface area contributed by atoms with Crippen molar-refractivity contribution < 1.29 is 14.1 Å². The number of rotatable bonds is 2. The second-order valence-corrected chi connectivity index (χ2v) is 5.58. The molecule has 13 heavy (non-hydrogen) atoms. The molecule has 1 rings (SSSR count). The number of hydrogen-bond acceptors (Lipinski definition) is 2. The number of aromatic carboxylic acids is 1. The first-order chi connectivity index (χ1) is 5.91. The third-order valence-electron chi connectivity index (χ3n) is 1.45. The van der Waals surface area contributed by atoms with E-state index in [2.05, 4.69) is 5.87 Å². The SMILES string of the molecule is C=S(=O)(Cl)c1ccc(C(=O)O)cc1. The molecule has 1 atom stereocenters. The van der Waals surface area contributed by atoms with Gasteiger partial charge >= 0.3 is 5.97 Å². The molecule has 1 aromatic rings. The Bertz CT molecular complexity index is 419.